The Hall–Kier alpha value is -2.05. The van der Waals surface area contributed by atoms with E-state index in [2.05, 4.69) is 10.3 Å². The molecule has 1 saturated carbocycles. The Kier molecular flexibility index (Phi) is 5.72. The Morgan fingerprint density at radius 2 is 2.29 bits per heavy atom. The average Bonchev–Trinajstić information content (AvgIpc) is 3.31. The molecule has 5 nitrogen and oxygen atoms in total. The number of benzene rings is 1. The molecule has 0 atom stereocenters. The molecule has 7 heteroatoms. The number of carbonyl (C=O) groups is 1. The van der Waals surface area contributed by atoms with Crippen LogP contribution in [0.2, 0.25) is 5.02 Å². The number of rotatable bonds is 9. The van der Waals surface area contributed by atoms with Crippen LogP contribution in [0, 0.1) is 5.92 Å². The van der Waals surface area contributed by atoms with Gasteiger partial charge in [-0.05, 0) is 37.0 Å². The third kappa shape index (κ3) is 4.97. The molecule has 0 aliphatic heterocycles. The Balaban J connectivity index is 1.57. The molecule has 0 unspecified atom stereocenters. The molecule has 1 aliphatic carbocycles. The molecular formula is C17H17ClN2O3S. The summed E-state index contributed by atoms with van der Waals surface area (Å²) in [5.74, 6) is 2.00. The molecule has 0 bridgehead atoms. The first kappa shape index (κ1) is 16.8. The Morgan fingerprint density at radius 1 is 1.42 bits per heavy atom. The molecule has 1 aliphatic rings. The molecule has 1 fully saturated rings. The van der Waals surface area contributed by atoms with Crippen molar-refractivity contribution in [2.24, 2.45) is 5.92 Å². The molecule has 0 radical (unpaired) electrons. The summed E-state index contributed by atoms with van der Waals surface area (Å²) in [6.07, 6.45) is 8.58. The SMILES string of the molecule is O=CNC/C=C/c1cnc(Oc2ccc(OCC3CC3)cc2Cl)s1. The number of amides is 1. The standard InChI is InChI=1S/C17H17ClN2O3S/c18-15-8-13(22-10-12-3-4-12)5-6-16(15)23-17-20-9-14(24-17)2-1-7-19-11-21/h1-2,5-6,8-9,11-12H,3-4,7,10H2,(H,19,21)/b2-1+. The molecule has 1 aromatic heterocycles. The lowest BCUT2D eigenvalue weighted by Crippen LogP contribution is -2.08. The van der Waals surface area contributed by atoms with Crippen molar-refractivity contribution in [3.05, 3.63) is 40.4 Å². The molecular weight excluding hydrogens is 348 g/mol. The van der Waals surface area contributed by atoms with E-state index in [1.54, 1.807) is 18.3 Å². The molecule has 2 aromatic rings. The van der Waals surface area contributed by atoms with Gasteiger partial charge in [0, 0.05) is 18.8 Å². The zero-order chi connectivity index (χ0) is 16.8. The summed E-state index contributed by atoms with van der Waals surface area (Å²) in [5, 5.41) is 3.55. The van der Waals surface area contributed by atoms with Crippen molar-refractivity contribution >= 4 is 35.4 Å². The fraction of sp³-hybridized carbons (Fsp3) is 0.294. The van der Waals surface area contributed by atoms with Crippen molar-refractivity contribution in [1.82, 2.24) is 10.3 Å². The van der Waals surface area contributed by atoms with Crippen LogP contribution in [0.1, 0.15) is 17.7 Å². The van der Waals surface area contributed by atoms with Gasteiger partial charge >= 0.3 is 0 Å². The molecule has 126 valence electrons. The van der Waals surface area contributed by atoms with Gasteiger partial charge in [0.05, 0.1) is 16.5 Å². The predicted octanol–water partition coefficient (Wildman–Crippen LogP) is 4.14. The van der Waals surface area contributed by atoms with Gasteiger partial charge in [0.1, 0.15) is 11.5 Å². The van der Waals surface area contributed by atoms with Crippen molar-refractivity contribution in [1.29, 1.82) is 0 Å². The van der Waals surface area contributed by atoms with Gasteiger partial charge in [-0.25, -0.2) is 4.98 Å². The monoisotopic (exact) mass is 364 g/mol. The van der Waals surface area contributed by atoms with Crippen LogP contribution in [0.3, 0.4) is 0 Å². The van der Waals surface area contributed by atoms with E-state index in [1.165, 1.54) is 24.2 Å². The summed E-state index contributed by atoms with van der Waals surface area (Å²) in [6.45, 7) is 1.23. The minimum Gasteiger partial charge on any atom is -0.493 e. The van der Waals surface area contributed by atoms with Gasteiger partial charge in [0.2, 0.25) is 6.41 Å². The predicted molar refractivity (Wildman–Crippen MR) is 95.0 cm³/mol. The maximum atomic E-state index is 10.2. The van der Waals surface area contributed by atoms with E-state index in [0.29, 0.717) is 34.8 Å². The number of aromatic nitrogens is 1. The Bertz CT molecular complexity index is 728. The summed E-state index contributed by atoms with van der Waals surface area (Å²) in [5.41, 5.74) is 0. The van der Waals surface area contributed by atoms with Crippen LogP contribution in [0.15, 0.2) is 30.5 Å². The lowest BCUT2D eigenvalue weighted by molar-refractivity contribution is -0.109. The quantitative estimate of drug-likeness (QED) is 0.536. The summed E-state index contributed by atoms with van der Waals surface area (Å²) in [6, 6.07) is 5.40. The van der Waals surface area contributed by atoms with E-state index >= 15 is 0 Å². The minimum atomic E-state index is 0.478. The van der Waals surface area contributed by atoms with E-state index in [4.69, 9.17) is 21.1 Å². The van der Waals surface area contributed by atoms with Crippen molar-refractivity contribution in [2.45, 2.75) is 12.8 Å². The van der Waals surface area contributed by atoms with E-state index in [1.807, 2.05) is 18.2 Å². The fourth-order valence-corrected chi connectivity index (χ4v) is 2.85. The molecule has 0 spiro atoms. The molecule has 1 N–H and O–H groups in total. The molecule has 0 saturated heterocycles. The summed E-state index contributed by atoms with van der Waals surface area (Å²) in [4.78, 5) is 15.3. The van der Waals surface area contributed by atoms with Crippen molar-refractivity contribution in [3.63, 3.8) is 0 Å². The number of nitrogens with zero attached hydrogens (tertiary/aromatic N) is 1. The van der Waals surface area contributed by atoms with Crippen LogP contribution < -0.4 is 14.8 Å². The van der Waals surface area contributed by atoms with E-state index in [0.717, 1.165) is 17.2 Å². The zero-order valence-corrected chi connectivity index (χ0v) is 14.5. The van der Waals surface area contributed by atoms with Crippen molar-refractivity contribution < 1.29 is 14.3 Å². The number of halogens is 1. The first-order valence-electron chi connectivity index (χ1n) is 7.64. The number of carbonyl (C=O) groups excluding carboxylic acids is 1. The van der Waals surface area contributed by atoms with E-state index in [-0.39, 0.29) is 0 Å². The van der Waals surface area contributed by atoms with Gasteiger partial charge in [0.25, 0.3) is 5.19 Å². The molecule has 3 rings (SSSR count). The molecule has 24 heavy (non-hydrogen) atoms. The van der Waals surface area contributed by atoms with Crippen LogP contribution in [-0.4, -0.2) is 24.5 Å². The number of thiazole rings is 1. The van der Waals surface area contributed by atoms with Crippen LogP contribution in [-0.2, 0) is 4.79 Å². The second-order valence-electron chi connectivity index (χ2n) is 5.41. The maximum absolute atomic E-state index is 10.2. The number of ether oxygens (including phenoxy) is 2. The highest BCUT2D eigenvalue weighted by Gasteiger charge is 2.22. The smallest absolute Gasteiger partial charge is 0.279 e. The third-order valence-electron chi connectivity index (χ3n) is 3.39. The lowest BCUT2D eigenvalue weighted by atomic mass is 10.3. The Labute approximate surface area is 149 Å². The van der Waals surface area contributed by atoms with Gasteiger partial charge in [-0.1, -0.05) is 29.0 Å². The largest absolute Gasteiger partial charge is 0.493 e. The number of hydrogen-bond donors (Lipinski definition) is 1. The summed E-state index contributed by atoms with van der Waals surface area (Å²) in [7, 11) is 0. The van der Waals surface area contributed by atoms with E-state index < -0.39 is 0 Å². The fourth-order valence-electron chi connectivity index (χ4n) is 1.93. The average molecular weight is 365 g/mol. The van der Waals surface area contributed by atoms with Gasteiger partial charge in [-0.3, -0.25) is 4.79 Å². The normalized spacial score (nSPS) is 13.9. The highest BCUT2D eigenvalue weighted by Crippen LogP contribution is 2.35. The first-order chi connectivity index (χ1) is 11.7. The van der Waals surface area contributed by atoms with Crippen molar-refractivity contribution in [3.8, 4) is 16.7 Å². The van der Waals surface area contributed by atoms with Crippen LogP contribution in [0.4, 0.5) is 0 Å². The lowest BCUT2D eigenvalue weighted by Gasteiger charge is -2.08. The van der Waals surface area contributed by atoms with Crippen LogP contribution in [0.25, 0.3) is 6.08 Å². The third-order valence-corrected chi connectivity index (χ3v) is 4.52. The maximum Gasteiger partial charge on any atom is 0.279 e. The van der Waals surface area contributed by atoms with Gasteiger partial charge < -0.3 is 14.8 Å². The van der Waals surface area contributed by atoms with Crippen LogP contribution in [0.5, 0.6) is 16.7 Å². The highest BCUT2D eigenvalue weighted by atomic mass is 35.5. The molecule has 1 aromatic carbocycles. The van der Waals surface area contributed by atoms with Gasteiger partial charge in [-0.2, -0.15) is 0 Å². The Morgan fingerprint density at radius 3 is 3.04 bits per heavy atom. The molecule has 1 heterocycles. The second kappa shape index (κ2) is 8.17. The van der Waals surface area contributed by atoms with Gasteiger partial charge in [-0.15, -0.1) is 0 Å². The first-order valence-corrected chi connectivity index (χ1v) is 8.83. The summed E-state index contributed by atoms with van der Waals surface area (Å²) >= 11 is 7.65. The van der Waals surface area contributed by atoms with Crippen LogP contribution >= 0.6 is 22.9 Å². The minimum absolute atomic E-state index is 0.478. The summed E-state index contributed by atoms with van der Waals surface area (Å²) < 4.78 is 11.4. The number of hydrogen-bond acceptors (Lipinski definition) is 5. The second-order valence-corrected chi connectivity index (χ2v) is 6.84. The van der Waals surface area contributed by atoms with Gasteiger partial charge in [0.15, 0.2) is 0 Å². The number of nitrogens with one attached hydrogen (secondary N) is 1. The zero-order valence-electron chi connectivity index (χ0n) is 12.9. The topological polar surface area (TPSA) is 60.5 Å². The van der Waals surface area contributed by atoms with E-state index in [9.17, 15) is 4.79 Å². The molecule has 1 amide bonds. The van der Waals surface area contributed by atoms with Crippen molar-refractivity contribution in [2.75, 3.05) is 13.2 Å². The highest BCUT2D eigenvalue weighted by molar-refractivity contribution is 7.14.